The topological polar surface area (TPSA) is 81.8 Å². The Morgan fingerprint density at radius 2 is 1.87 bits per heavy atom. The van der Waals surface area contributed by atoms with Crippen molar-refractivity contribution in [1.29, 1.82) is 0 Å². The van der Waals surface area contributed by atoms with E-state index in [0.29, 0.717) is 10.9 Å². The van der Waals surface area contributed by atoms with Gasteiger partial charge in [-0.25, -0.2) is 9.67 Å². The Labute approximate surface area is 174 Å². The summed E-state index contributed by atoms with van der Waals surface area (Å²) in [6.45, 7) is 5.69. The van der Waals surface area contributed by atoms with E-state index in [-0.39, 0.29) is 24.1 Å². The third kappa shape index (κ3) is 3.61. The highest BCUT2D eigenvalue weighted by Gasteiger charge is 2.17. The molecule has 7 nitrogen and oxygen atoms in total. The molecule has 0 aliphatic carbocycles. The highest BCUT2D eigenvalue weighted by atomic mass is 16.2. The van der Waals surface area contributed by atoms with E-state index in [4.69, 9.17) is 0 Å². The molecule has 0 bridgehead atoms. The maximum atomic E-state index is 12.7. The molecule has 2 aromatic heterocycles. The average molecular weight is 401 g/mol. The zero-order chi connectivity index (χ0) is 21.3. The molecule has 0 saturated carbocycles. The second-order valence-electron chi connectivity index (χ2n) is 7.37. The van der Waals surface area contributed by atoms with E-state index in [2.05, 4.69) is 15.4 Å². The molecule has 1 amide bonds. The van der Waals surface area contributed by atoms with Gasteiger partial charge in [-0.05, 0) is 44.5 Å². The smallest absolute Gasteiger partial charge is 0.261 e. The number of aromatic nitrogens is 4. The molecule has 0 saturated heterocycles. The van der Waals surface area contributed by atoms with Crippen LogP contribution in [0.2, 0.25) is 0 Å². The first kappa shape index (κ1) is 19.6. The largest absolute Gasteiger partial charge is 0.348 e. The number of rotatable bonds is 5. The summed E-state index contributed by atoms with van der Waals surface area (Å²) in [5, 5.41) is 7.92. The van der Waals surface area contributed by atoms with Gasteiger partial charge in [-0.3, -0.25) is 14.2 Å². The fourth-order valence-electron chi connectivity index (χ4n) is 3.65. The van der Waals surface area contributed by atoms with E-state index in [0.717, 1.165) is 22.5 Å². The number of nitrogens with zero attached hydrogens (tertiary/aromatic N) is 4. The molecule has 2 aromatic carbocycles. The monoisotopic (exact) mass is 401 g/mol. The first-order chi connectivity index (χ1) is 14.5. The van der Waals surface area contributed by atoms with Crippen LogP contribution in [0.4, 0.5) is 0 Å². The fraction of sp³-hybridized carbons (Fsp3) is 0.217. The van der Waals surface area contributed by atoms with Crippen molar-refractivity contribution in [2.24, 2.45) is 0 Å². The van der Waals surface area contributed by atoms with Crippen LogP contribution < -0.4 is 10.9 Å². The number of benzene rings is 2. The van der Waals surface area contributed by atoms with Crippen molar-refractivity contribution < 1.29 is 4.79 Å². The summed E-state index contributed by atoms with van der Waals surface area (Å²) in [4.78, 5) is 29.7. The number of hydrogen-bond donors (Lipinski definition) is 1. The van der Waals surface area contributed by atoms with E-state index in [1.54, 1.807) is 12.3 Å². The summed E-state index contributed by atoms with van der Waals surface area (Å²) in [5.41, 5.74) is 4.21. The van der Waals surface area contributed by atoms with Gasteiger partial charge in [0.2, 0.25) is 5.91 Å². The normalized spacial score (nSPS) is 12.1. The van der Waals surface area contributed by atoms with Crippen molar-refractivity contribution in [3.63, 3.8) is 0 Å². The lowest BCUT2D eigenvalue weighted by molar-refractivity contribution is -0.122. The highest BCUT2D eigenvalue weighted by Crippen LogP contribution is 2.20. The van der Waals surface area contributed by atoms with Crippen molar-refractivity contribution in [2.45, 2.75) is 33.4 Å². The van der Waals surface area contributed by atoms with Gasteiger partial charge in [0.1, 0.15) is 6.54 Å². The van der Waals surface area contributed by atoms with Gasteiger partial charge in [0.05, 0.1) is 35.2 Å². The van der Waals surface area contributed by atoms with E-state index >= 15 is 0 Å². The number of fused-ring (bicyclic) bond motifs is 1. The van der Waals surface area contributed by atoms with Crippen LogP contribution in [-0.2, 0) is 11.3 Å². The number of carbonyl (C=O) groups excluding carboxylic acids is 1. The predicted octanol–water partition coefficient (Wildman–Crippen LogP) is 3.08. The molecule has 4 aromatic rings. The number of nitrogens with one attached hydrogen (secondary N) is 1. The van der Waals surface area contributed by atoms with Crippen molar-refractivity contribution >= 4 is 16.8 Å². The predicted molar refractivity (Wildman–Crippen MR) is 116 cm³/mol. The molecular formula is C23H23N5O2. The van der Waals surface area contributed by atoms with Crippen LogP contribution in [0.3, 0.4) is 0 Å². The Hall–Kier alpha value is -3.74. The molecular weight excluding hydrogens is 378 g/mol. The van der Waals surface area contributed by atoms with Gasteiger partial charge in [-0.15, -0.1) is 0 Å². The van der Waals surface area contributed by atoms with E-state index < -0.39 is 0 Å². The molecule has 0 aliphatic rings. The van der Waals surface area contributed by atoms with Gasteiger partial charge >= 0.3 is 0 Å². The second kappa shape index (κ2) is 7.94. The summed E-state index contributed by atoms with van der Waals surface area (Å²) >= 11 is 0. The fourth-order valence-corrected chi connectivity index (χ4v) is 3.65. The molecule has 0 radical (unpaired) electrons. The van der Waals surface area contributed by atoms with E-state index in [1.165, 1.54) is 10.9 Å². The van der Waals surface area contributed by atoms with Crippen molar-refractivity contribution in [2.75, 3.05) is 0 Å². The Kier molecular flexibility index (Phi) is 5.18. The van der Waals surface area contributed by atoms with Crippen LogP contribution in [0.15, 0.2) is 65.8 Å². The van der Waals surface area contributed by atoms with Gasteiger partial charge in [0, 0.05) is 11.3 Å². The average Bonchev–Trinajstić information content (AvgIpc) is 3.12. The number of aryl methyl sites for hydroxylation is 1. The molecule has 4 rings (SSSR count). The lowest BCUT2D eigenvalue weighted by Crippen LogP contribution is -2.34. The van der Waals surface area contributed by atoms with Crippen molar-refractivity contribution in [1.82, 2.24) is 24.6 Å². The van der Waals surface area contributed by atoms with E-state index in [9.17, 15) is 9.59 Å². The summed E-state index contributed by atoms with van der Waals surface area (Å²) in [7, 11) is 0. The van der Waals surface area contributed by atoms with Crippen LogP contribution in [0, 0.1) is 13.8 Å². The van der Waals surface area contributed by atoms with Gasteiger partial charge in [0.15, 0.2) is 0 Å². The second-order valence-corrected chi connectivity index (χ2v) is 7.37. The maximum absolute atomic E-state index is 12.7. The van der Waals surface area contributed by atoms with Gasteiger partial charge in [-0.1, -0.05) is 30.3 Å². The molecule has 1 unspecified atom stereocenters. The Balaban J connectivity index is 1.51. The van der Waals surface area contributed by atoms with Crippen LogP contribution in [-0.4, -0.2) is 25.2 Å². The quantitative estimate of drug-likeness (QED) is 0.557. The summed E-state index contributed by atoms with van der Waals surface area (Å²) in [6, 6.07) is 15.0. The number of carbonyl (C=O) groups is 1. The molecule has 1 N–H and O–H groups in total. The minimum atomic E-state index is -0.259. The number of para-hydroxylation sites is 2. The minimum Gasteiger partial charge on any atom is -0.348 e. The molecule has 0 fully saturated rings. The minimum absolute atomic E-state index is 0.0913. The zero-order valence-electron chi connectivity index (χ0n) is 17.2. The maximum Gasteiger partial charge on any atom is 0.261 e. The van der Waals surface area contributed by atoms with Crippen LogP contribution in [0.25, 0.3) is 16.6 Å². The van der Waals surface area contributed by atoms with Gasteiger partial charge < -0.3 is 5.32 Å². The van der Waals surface area contributed by atoms with Crippen molar-refractivity contribution in [3.8, 4) is 5.69 Å². The molecule has 2 heterocycles. The first-order valence-corrected chi connectivity index (χ1v) is 9.80. The van der Waals surface area contributed by atoms with E-state index in [1.807, 2.05) is 67.9 Å². The Morgan fingerprint density at radius 3 is 2.63 bits per heavy atom. The van der Waals surface area contributed by atoms with Crippen LogP contribution >= 0.6 is 0 Å². The first-order valence-electron chi connectivity index (χ1n) is 9.80. The molecule has 7 heteroatoms. The van der Waals surface area contributed by atoms with Crippen LogP contribution in [0.5, 0.6) is 0 Å². The Morgan fingerprint density at radius 1 is 1.10 bits per heavy atom. The summed E-state index contributed by atoms with van der Waals surface area (Å²) < 4.78 is 3.18. The third-order valence-corrected chi connectivity index (χ3v) is 5.26. The molecule has 152 valence electrons. The summed E-state index contributed by atoms with van der Waals surface area (Å²) in [6.07, 6.45) is 3.19. The zero-order valence-corrected chi connectivity index (χ0v) is 17.2. The molecule has 30 heavy (non-hydrogen) atoms. The standard InChI is InChI=1S/C23H23N5O2/c1-15-8-7-11-19-22(15)24-14-27(23(19)30)13-21(29)26-16(2)20-12-25-28(17(20)3)18-9-5-4-6-10-18/h4-12,14,16H,13H2,1-3H3,(H,26,29). The molecule has 0 aliphatic heterocycles. The third-order valence-electron chi connectivity index (χ3n) is 5.26. The lowest BCUT2D eigenvalue weighted by atomic mass is 10.1. The van der Waals surface area contributed by atoms with Gasteiger partial charge in [0.25, 0.3) is 5.56 Å². The summed E-state index contributed by atoms with van der Waals surface area (Å²) in [5.74, 6) is -0.259. The molecule has 0 spiro atoms. The SMILES string of the molecule is Cc1cccc2c(=O)n(CC(=O)NC(C)c3cnn(-c4ccccc4)c3C)cnc12. The van der Waals surface area contributed by atoms with Crippen LogP contribution in [0.1, 0.15) is 29.8 Å². The molecule has 1 atom stereocenters. The number of amides is 1. The lowest BCUT2D eigenvalue weighted by Gasteiger charge is -2.15. The number of hydrogen-bond acceptors (Lipinski definition) is 4. The Bertz CT molecular complexity index is 1270. The highest BCUT2D eigenvalue weighted by molar-refractivity contribution is 5.81. The van der Waals surface area contributed by atoms with Crippen molar-refractivity contribution in [3.05, 3.63) is 88.2 Å². The van der Waals surface area contributed by atoms with Gasteiger partial charge in [-0.2, -0.15) is 5.10 Å².